The summed E-state index contributed by atoms with van der Waals surface area (Å²) >= 11 is 9.07. The van der Waals surface area contributed by atoms with Crippen molar-refractivity contribution < 1.29 is 4.79 Å². The Morgan fingerprint density at radius 1 is 1.19 bits per heavy atom. The molecule has 2 heterocycles. The predicted molar refractivity (Wildman–Crippen MR) is 127 cm³/mol. The van der Waals surface area contributed by atoms with Gasteiger partial charge in [0.1, 0.15) is 5.01 Å². The Balaban J connectivity index is 1.54. The molecule has 0 spiro atoms. The minimum absolute atomic E-state index is 0.191. The van der Waals surface area contributed by atoms with Crippen molar-refractivity contribution in [3.8, 4) is 0 Å². The average molecular weight is 471 g/mol. The summed E-state index contributed by atoms with van der Waals surface area (Å²) in [5.74, 6) is 0.444. The van der Waals surface area contributed by atoms with E-state index in [1.54, 1.807) is 24.3 Å². The Labute approximate surface area is 192 Å². The van der Waals surface area contributed by atoms with E-state index >= 15 is 0 Å². The fourth-order valence-corrected chi connectivity index (χ4v) is 4.91. The number of nitrogens with zero attached hydrogens (tertiary/aromatic N) is 3. The summed E-state index contributed by atoms with van der Waals surface area (Å²) in [6.07, 6.45) is 0. The third-order valence-corrected chi connectivity index (χ3v) is 7.08. The van der Waals surface area contributed by atoms with Crippen LogP contribution in [0.15, 0.2) is 64.3 Å². The second-order valence-electron chi connectivity index (χ2n) is 7.09. The number of hydrogen-bond donors (Lipinski definition) is 1. The van der Waals surface area contributed by atoms with Gasteiger partial charge < -0.3 is 5.32 Å². The fraction of sp³-hybridized carbons (Fsp3) is 0.182. The van der Waals surface area contributed by atoms with Gasteiger partial charge in [-0.2, -0.15) is 9.61 Å². The molecule has 2 aromatic heterocycles. The molecule has 0 unspecified atom stereocenters. The maximum atomic E-state index is 12.6. The zero-order valence-corrected chi connectivity index (χ0v) is 19.2. The van der Waals surface area contributed by atoms with Gasteiger partial charge >= 0.3 is 0 Å². The number of anilines is 1. The number of rotatable bonds is 6. The van der Waals surface area contributed by atoms with Gasteiger partial charge in [0.05, 0.1) is 22.0 Å². The highest BCUT2D eigenvalue weighted by Gasteiger charge is 2.14. The maximum absolute atomic E-state index is 12.6. The number of nitrogens with one attached hydrogen (secondary N) is 1. The molecule has 1 N–H and O–H groups in total. The van der Waals surface area contributed by atoms with Crippen LogP contribution in [0.5, 0.6) is 0 Å². The number of halogens is 1. The molecule has 0 saturated heterocycles. The number of aromatic nitrogens is 3. The number of carbonyl (C=O) groups is 1. The van der Waals surface area contributed by atoms with Crippen molar-refractivity contribution in [3.63, 3.8) is 0 Å². The van der Waals surface area contributed by atoms with Gasteiger partial charge in [0.25, 0.3) is 11.5 Å². The van der Waals surface area contributed by atoms with Gasteiger partial charge in [-0.15, -0.1) is 11.8 Å². The van der Waals surface area contributed by atoms with Crippen molar-refractivity contribution in [1.29, 1.82) is 0 Å². The van der Waals surface area contributed by atoms with Gasteiger partial charge in [0.15, 0.2) is 0 Å². The van der Waals surface area contributed by atoms with E-state index < -0.39 is 0 Å². The summed E-state index contributed by atoms with van der Waals surface area (Å²) in [5, 5.41) is 8.54. The van der Waals surface area contributed by atoms with E-state index in [0.717, 1.165) is 9.90 Å². The summed E-state index contributed by atoms with van der Waals surface area (Å²) in [6, 6.07) is 15.9. The van der Waals surface area contributed by atoms with E-state index in [1.165, 1.54) is 33.7 Å². The van der Waals surface area contributed by atoms with E-state index in [-0.39, 0.29) is 17.4 Å². The van der Waals surface area contributed by atoms with Crippen molar-refractivity contribution in [2.24, 2.45) is 0 Å². The molecule has 0 atom stereocenters. The second kappa shape index (κ2) is 9.21. The minimum Gasteiger partial charge on any atom is -0.321 e. The van der Waals surface area contributed by atoms with Gasteiger partial charge in [-0.1, -0.05) is 61.1 Å². The van der Waals surface area contributed by atoms with Gasteiger partial charge in [0, 0.05) is 22.6 Å². The number of hydrogen-bond acceptors (Lipinski definition) is 6. The summed E-state index contributed by atoms with van der Waals surface area (Å²) < 4.78 is 1.35. The summed E-state index contributed by atoms with van der Waals surface area (Å²) in [5.41, 5.74) is 1.57. The SMILES string of the molecule is CC(C)c1nn2c(=O)cc(CSc3ccccc3NC(=O)c3ccccc3Cl)nc2s1. The van der Waals surface area contributed by atoms with E-state index in [1.807, 2.05) is 38.1 Å². The lowest BCUT2D eigenvalue weighted by molar-refractivity contribution is 0.102. The van der Waals surface area contributed by atoms with Gasteiger partial charge in [-0.25, -0.2) is 4.98 Å². The van der Waals surface area contributed by atoms with E-state index in [9.17, 15) is 9.59 Å². The Bertz CT molecular complexity index is 1320. The van der Waals surface area contributed by atoms with Gasteiger partial charge in [-0.05, 0) is 24.3 Å². The normalized spacial score (nSPS) is 11.2. The molecular formula is C22H19ClN4O2S2. The maximum Gasteiger partial charge on any atom is 0.275 e. The molecule has 0 fully saturated rings. The molecule has 2 aromatic carbocycles. The summed E-state index contributed by atoms with van der Waals surface area (Å²) in [6.45, 7) is 4.07. The Morgan fingerprint density at radius 3 is 2.71 bits per heavy atom. The third kappa shape index (κ3) is 4.81. The molecule has 0 radical (unpaired) electrons. The zero-order chi connectivity index (χ0) is 22.0. The number of fused-ring (bicyclic) bond motifs is 1. The van der Waals surface area contributed by atoms with Crippen LogP contribution in [0.2, 0.25) is 5.02 Å². The largest absolute Gasteiger partial charge is 0.321 e. The lowest BCUT2D eigenvalue weighted by Crippen LogP contribution is -2.15. The third-order valence-electron chi connectivity index (χ3n) is 4.44. The number of carbonyl (C=O) groups excluding carboxylic acids is 1. The topological polar surface area (TPSA) is 76.4 Å². The molecule has 9 heteroatoms. The number of thioether (sulfide) groups is 1. The van der Waals surface area contributed by atoms with Crippen LogP contribution in [0.1, 0.15) is 40.8 Å². The lowest BCUT2D eigenvalue weighted by atomic mass is 10.2. The van der Waals surface area contributed by atoms with Crippen molar-refractivity contribution in [2.75, 3.05) is 5.32 Å². The van der Waals surface area contributed by atoms with E-state index in [0.29, 0.717) is 32.7 Å². The first kappa shape index (κ1) is 21.5. The first-order valence-corrected chi connectivity index (χ1v) is 11.8. The Kier molecular flexibility index (Phi) is 6.41. The van der Waals surface area contributed by atoms with Crippen LogP contribution in [-0.4, -0.2) is 20.5 Å². The van der Waals surface area contributed by atoms with Crippen molar-refractivity contribution >= 4 is 51.3 Å². The molecule has 6 nitrogen and oxygen atoms in total. The van der Waals surface area contributed by atoms with Crippen LogP contribution in [0.25, 0.3) is 4.96 Å². The molecular weight excluding hydrogens is 452 g/mol. The van der Waals surface area contributed by atoms with Crippen LogP contribution in [0.3, 0.4) is 0 Å². The highest BCUT2D eigenvalue weighted by atomic mass is 35.5. The first-order valence-electron chi connectivity index (χ1n) is 9.60. The number of amides is 1. The monoisotopic (exact) mass is 470 g/mol. The molecule has 4 rings (SSSR count). The lowest BCUT2D eigenvalue weighted by Gasteiger charge is -2.11. The van der Waals surface area contributed by atoms with Crippen molar-refractivity contribution in [1.82, 2.24) is 14.6 Å². The molecule has 4 aromatic rings. The van der Waals surface area contributed by atoms with Gasteiger partial charge in [-0.3, -0.25) is 9.59 Å². The molecule has 1 amide bonds. The smallest absolute Gasteiger partial charge is 0.275 e. The van der Waals surface area contributed by atoms with Crippen LogP contribution >= 0.6 is 34.7 Å². The van der Waals surface area contributed by atoms with E-state index in [4.69, 9.17) is 11.6 Å². The van der Waals surface area contributed by atoms with Crippen LogP contribution in [-0.2, 0) is 5.75 Å². The molecule has 158 valence electrons. The predicted octanol–water partition coefficient (Wildman–Crippen LogP) is 5.47. The standard InChI is InChI=1S/C22H19ClN4O2S2/c1-13(2)21-26-27-19(28)11-14(24-22(27)31-21)12-30-18-10-6-5-9-17(18)25-20(29)15-7-3-4-8-16(15)23/h3-11,13H,12H2,1-2H3,(H,25,29). The van der Waals surface area contributed by atoms with Gasteiger partial charge in [0.2, 0.25) is 4.96 Å². The van der Waals surface area contributed by atoms with Crippen LogP contribution < -0.4 is 10.9 Å². The highest BCUT2D eigenvalue weighted by molar-refractivity contribution is 7.98. The number of benzene rings is 2. The Hall–Kier alpha value is -2.68. The molecule has 0 aliphatic rings. The summed E-state index contributed by atoms with van der Waals surface area (Å²) in [7, 11) is 0. The summed E-state index contributed by atoms with van der Waals surface area (Å²) in [4.78, 5) is 31.1. The average Bonchev–Trinajstić information content (AvgIpc) is 3.19. The van der Waals surface area contributed by atoms with Crippen LogP contribution in [0, 0.1) is 0 Å². The molecule has 0 bridgehead atoms. The number of para-hydroxylation sites is 1. The molecule has 0 aliphatic heterocycles. The van der Waals surface area contributed by atoms with Crippen molar-refractivity contribution in [3.05, 3.63) is 86.2 Å². The van der Waals surface area contributed by atoms with E-state index in [2.05, 4.69) is 15.4 Å². The molecule has 0 saturated carbocycles. The molecule has 0 aliphatic carbocycles. The fourth-order valence-electron chi connectivity index (χ4n) is 2.86. The quantitative estimate of drug-likeness (QED) is 0.378. The van der Waals surface area contributed by atoms with Crippen LogP contribution in [0.4, 0.5) is 5.69 Å². The first-order chi connectivity index (χ1) is 14.9. The minimum atomic E-state index is -0.276. The second-order valence-corrected chi connectivity index (χ2v) is 9.51. The molecule has 31 heavy (non-hydrogen) atoms. The Morgan fingerprint density at radius 2 is 1.94 bits per heavy atom. The highest BCUT2D eigenvalue weighted by Crippen LogP contribution is 2.30. The zero-order valence-electron chi connectivity index (χ0n) is 16.8. The van der Waals surface area contributed by atoms with Crippen molar-refractivity contribution in [2.45, 2.75) is 30.4 Å².